The molecule has 4 nitrogen and oxygen atoms in total. The highest BCUT2D eigenvalue weighted by atomic mass is 35.5. The van der Waals surface area contributed by atoms with E-state index in [4.69, 9.17) is 21.1 Å². The van der Waals surface area contributed by atoms with Gasteiger partial charge in [0.25, 0.3) is 0 Å². The molecule has 0 bridgehead atoms. The van der Waals surface area contributed by atoms with Crippen LogP contribution in [0.25, 0.3) is 6.08 Å². The Bertz CT molecular complexity index is 705. The summed E-state index contributed by atoms with van der Waals surface area (Å²) in [6.07, 6.45) is 3.01. The van der Waals surface area contributed by atoms with Crippen LogP contribution in [0.2, 0.25) is 5.02 Å². The summed E-state index contributed by atoms with van der Waals surface area (Å²) in [5.41, 5.74) is 0.915. The minimum atomic E-state index is -0.369. The molecule has 0 radical (unpaired) electrons. The maximum absolute atomic E-state index is 12.3. The van der Waals surface area contributed by atoms with Crippen molar-refractivity contribution in [2.75, 3.05) is 14.2 Å². The number of halogens is 1. The van der Waals surface area contributed by atoms with Crippen LogP contribution in [-0.4, -0.2) is 25.1 Å². The Morgan fingerprint density at radius 2 is 1.82 bits per heavy atom. The number of carbonyl (C=O) groups is 1. The predicted molar refractivity (Wildman–Crippen MR) is 86.0 cm³/mol. The first-order chi connectivity index (χ1) is 10.5. The van der Waals surface area contributed by atoms with Gasteiger partial charge in [-0.05, 0) is 23.8 Å². The number of ketones is 1. The number of allylic oxidation sites excluding steroid dienone is 1. The van der Waals surface area contributed by atoms with Gasteiger partial charge in [-0.15, -0.1) is 0 Å². The lowest BCUT2D eigenvalue weighted by Crippen LogP contribution is -2.00. The van der Waals surface area contributed by atoms with Crippen LogP contribution in [0.1, 0.15) is 15.9 Å². The third-order valence-corrected chi connectivity index (χ3v) is 3.31. The molecule has 2 rings (SSSR count). The third-order valence-electron chi connectivity index (χ3n) is 3.05. The number of hydrogen-bond donors (Lipinski definition) is 1. The molecule has 0 amide bonds. The van der Waals surface area contributed by atoms with Crippen molar-refractivity contribution in [3.8, 4) is 17.2 Å². The summed E-state index contributed by atoms with van der Waals surface area (Å²) >= 11 is 5.81. The second kappa shape index (κ2) is 7.00. The number of carbonyl (C=O) groups excluding carboxylic acids is 1. The van der Waals surface area contributed by atoms with E-state index in [1.807, 2.05) is 0 Å². The Hall–Kier alpha value is -2.46. The fourth-order valence-corrected chi connectivity index (χ4v) is 2.06. The molecule has 0 saturated carbocycles. The Morgan fingerprint density at radius 3 is 2.41 bits per heavy atom. The molecule has 5 heteroatoms. The minimum absolute atomic E-state index is 0.0912. The summed E-state index contributed by atoms with van der Waals surface area (Å²) in [7, 11) is 2.89. The molecule has 0 unspecified atom stereocenters. The second-order valence-corrected chi connectivity index (χ2v) is 4.91. The van der Waals surface area contributed by atoms with Crippen molar-refractivity contribution in [3.63, 3.8) is 0 Å². The Balaban J connectivity index is 2.31. The molecule has 114 valence electrons. The summed E-state index contributed by atoms with van der Waals surface area (Å²) in [6, 6.07) is 9.96. The molecular formula is C17H15ClO4. The van der Waals surface area contributed by atoms with Gasteiger partial charge in [0.15, 0.2) is 5.78 Å². The van der Waals surface area contributed by atoms with Crippen LogP contribution in [0, 0.1) is 0 Å². The SMILES string of the molecule is COc1cc(O)c(C(=O)C=Cc2ccc(Cl)cc2)c(OC)c1. The van der Waals surface area contributed by atoms with E-state index in [9.17, 15) is 9.90 Å². The van der Waals surface area contributed by atoms with Gasteiger partial charge in [-0.2, -0.15) is 0 Å². The number of aromatic hydroxyl groups is 1. The number of benzene rings is 2. The highest BCUT2D eigenvalue weighted by Gasteiger charge is 2.17. The molecule has 0 saturated heterocycles. The molecule has 0 aromatic heterocycles. The van der Waals surface area contributed by atoms with Gasteiger partial charge in [-0.3, -0.25) is 4.79 Å². The van der Waals surface area contributed by atoms with Crippen LogP contribution in [0.15, 0.2) is 42.5 Å². The van der Waals surface area contributed by atoms with Crippen LogP contribution in [0.4, 0.5) is 0 Å². The number of methoxy groups -OCH3 is 2. The number of ether oxygens (including phenoxy) is 2. The van der Waals surface area contributed by atoms with Gasteiger partial charge in [0.1, 0.15) is 22.8 Å². The van der Waals surface area contributed by atoms with E-state index in [0.29, 0.717) is 10.8 Å². The quantitative estimate of drug-likeness (QED) is 0.669. The molecule has 2 aromatic carbocycles. The second-order valence-electron chi connectivity index (χ2n) is 4.47. The molecule has 0 atom stereocenters. The Labute approximate surface area is 133 Å². The summed E-state index contributed by atoms with van der Waals surface area (Å²) < 4.78 is 10.2. The van der Waals surface area contributed by atoms with E-state index in [-0.39, 0.29) is 22.8 Å². The standard InChI is InChI=1S/C17H15ClO4/c1-21-13-9-15(20)17(16(10-13)22-2)14(19)8-5-11-3-6-12(18)7-4-11/h3-10,20H,1-2H3. The van der Waals surface area contributed by atoms with Gasteiger partial charge in [0.05, 0.1) is 14.2 Å². The average Bonchev–Trinajstić information content (AvgIpc) is 2.53. The van der Waals surface area contributed by atoms with Gasteiger partial charge < -0.3 is 14.6 Å². The van der Waals surface area contributed by atoms with Crippen LogP contribution >= 0.6 is 11.6 Å². The average molecular weight is 319 g/mol. The number of phenols is 1. The maximum atomic E-state index is 12.3. The lowest BCUT2D eigenvalue weighted by molar-refractivity contribution is 0.104. The van der Waals surface area contributed by atoms with Crippen molar-refractivity contribution >= 4 is 23.5 Å². The number of phenolic OH excluding ortho intramolecular Hbond substituents is 1. The minimum Gasteiger partial charge on any atom is -0.507 e. The summed E-state index contributed by atoms with van der Waals surface area (Å²) in [4.78, 5) is 12.3. The van der Waals surface area contributed by atoms with E-state index in [1.165, 1.54) is 26.4 Å². The van der Waals surface area contributed by atoms with E-state index in [0.717, 1.165) is 5.56 Å². The van der Waals surface area contributed by atoms with Crippen molar-refractivity contribution in [1.82, 2.24) is 0 Å². The van der Waals surface area contributed by atoms with Gasteiger partial charge in [-0.1, -0.05) is 29.8 Å². The van der Waals surface area contributed by atoms with E-state index in [2.05, 4.69) is 0 Å². The molecule has 2 aromatic rings. The van der Waals surface area contributed by atoms with Crippen molar-refractivity contribution in [2.24, 2.45) is 0 Å². The molecule has 0 heterocycles. The summed E-state index contributed by atoms with van der Waals surface area (Å²) in [6.45, 7) is 0. The third kappa shape index (κ3) is 3.59. The summed E-state index contributed by atoms with van der Waals surface area (Å²) in [5.74, 6) is 0.101. The van der Waals surface area contributed by atoms with Gasteiger partial charge in [0, 0.05) is 17.2 Å². The zero-order chi connectivity index (χ0) is 16.1. The molecule has 22 heavy (non-hydrogen) atoms. The first-order valence-corrected chi connectivity index (χ1v) is 6.86. The van der Waals surface area contributed by atoms with Gasteiger partial charge >= 0.3 is 0 Å². The first-order valence-electron chi connectivity index (χ1n) is 6.48. The maximum Gasteiger partial charge on any atom is 0.193 e. The number of hydrogen-bond acceptors (Lipinski definition) is 4. The highest BCUT2D eigenvalue weighted by molar-refractivity contribution is 6.30. The van der Waals surface area contributed by atoms with Crippen LogP contribution in [0.3, 0.4) is 0 Å². The predicted octanol–water partition coefficient (Wildman–Crippen LogP) is 3.96. The van der Waals surface area contributed by atoms with Gasteiger partial charge in [0.2, 0.25) is 0 Å². The van der Waals surface area contributed by atoms with E-state index in [1.54, 1.807) is 36.4 Å². The first kappa shape index (κ1) is 15.9. The zero-order valence-corrected chi connectivity index (χ0v) is 12.9. The van der Waals surface area contributed by atoms with Crippen molar-refractivity contribution in [3.05, 3.63) is 58.6 Å². The molecule has 0 aliphatic carbocycles. The Kier molecular flexibility index (Phi) is 5.07. The normalized spacial score (nSPS) is 10.7. The monoisotopic (exact) mass is 318 g/mol. The molecule has 0 aliphatic heterocycles. The lowest BCUT2D eigenvalue weighted by Gasteiger charge is -2.10. The Morgan fingerprint density at radius 1 is 1.14 bits per heavy atom. The molecular weight excluding hydrogens is 304 g/mol. The van der Waals surface area contributed by atoms with E-state index >= 15 is 0 Å². The molecule has 0 spiro atoms. The van der Waals surface area contributed by atoms with Crippen LogP contribution in [0.5, 0.6) is 17.2 Å². The zero-order valence-electron chi connectivity index (χ0n) is 12.2. The van der Waals surface area contributed by atoms with Crippen LogP contribution < -0.4 is 9.47 Å². The molecule has 0 aliphatic rings. The van der Waals surface area contributed by atoms with Gasteiger partial charge in [-0.25, -0.2) is 0 Å². The molecule has 1 N–H and O–H groups in total. The topological polar surface area (TPSA) is 55.8 Å². The number of rotatable bonds is 5. The smallest absolute Gasteiger partial charge is 0.193 e. The molecule has 0 fully saturated rings. The summed E-state index contributed by atoms with van der Waals surface area (Å²) in [5, 5.41) is 10.6. The van der Waals surface area contributed by atoms with Crippen LogP contribution in [-0.2, 0) is 0 Å². The fourth-order valence-electron chi connectivity index (χ4n) is 1.93. The highest BCUT2D eigenvalue weighted by Crippen LogP contribution is 2.33. The fraction of sp³-hybridized carbons (Fsp3) is 0.118. The van der Waals surface area contributed by atoms with Crippen molar-refractivity contribution in [1.29, 1.82) is 0 Å². The largest absolute Gasteiger partial charge is 0.507 e. The van der Waals surface area contributed by atoms with Crippen molar-refractivity contribution in [2.45, 2.75) is 0 Å². The van der Waals surface area contributed by atoms with Crippen molar-refractivity contribution < 1.29 is 19.4 Å². The lowest BCUT2D eigenvalue weighted by atomic mass is 10.1. The van der Waals surface area contributed by atoms with E-state index < -0.39 is 0 Å².